The monoisotopic (exact) mass is 315 g/mol. The lowest BCUT2D eigenvalue weighted by atomic mass is 10.2. The van der Waals surface area contributed by atoms with Crippen LogP contribution in [0.25, 0.3) is 0 Å². The number of hydrogen-bond acceptors (Lipinski definition) is 6. The van der Waals surface area contributed by atoms with E-state index in [1.807, 2.05) is 0 Å². The van der Waals surface area contributed by atoms with E-state index >= 15 is 0 Å². The predicted octanol–water partition coefficient (Wildman–Crippen LogP) is -0.939. The summed E-state index contributed by atoms with van der Waals surface area (Å²) in [5.74, 6) is -0.675. The van der Waals surface area contributed by atoms with Crippen molar-refractivity contribution in [3.8, 4) is 0 Å². The van der Waals surface area contributed by atoms with E-state index in [4.69, 9.17) is 20.9 Å². The van der Waals surface area contributed by atoms with Crippen LogP contribution in [-0.4, -0.2) is 46.8 Å². The first kappa shape index (κ1) is 15.7. The largest absolute Gasteiger partial charge is 0.398 e. The molecular formula is C12H17N3O5S. The summed E-state index contributed by atoms with van der Waals surface area (Å²) in [7, 11) is -3.80. The highest BCUT2D eigenvalue weighted by Crippen LogP contribution is 2.19. The minimum absolute atomic E-state index is 0.0420. The van der Waals surface area contributed by atoms with Crippen molar-refractivity contribution in [2.45, 2.75) is 11.0 Å². The number of anilines is 1. The molecule has 21 heavy (non-hydrogen) atoms. The van der Waals surface area contributed by atoms with Crippen molar-refractivity contribution >= 4 is 21.6 Å². The van der Waals surface area contributed by atoms with E-state index < -0.39 is 15.9 Å². The van der Waals surface area contributed by atoms with Crippen molar-refractivity contribution in [3.05, 3.63) is 23.8 Å². The lowest BCUT2D eigenvalue weighted by molar-refractivity contribution is -0.0846. The van der Waals surface area contributed by atoms with Crippen LogP contribution in [0.4, 0.5) is 5.69 Å². The van der Waals surface area contributed by atoms with Gasteiger partial charge in [0.05, 0.1) is 31.6 Å². The molecule has 1 fully saturated rings. The first-order valence-electron chi connectivity index (χ1n) is 6.28. The van der Waals surface area contributed by atoms with Gasteiger partial charge in [-0.05, 0) is 18.2 Å². The molecule has 0 radical (unpaired) electrons. The van der Waals surface area contributed by atoms with E-state index in [2.05, 4.69) is 4.72 Å². The molecule has 2 rings (SSSR count). The molecule has 0 saturated carbocycles. The third kappa shape index (κ3) is 3.91. The van der Waals surface area contributed by atoms with Crippen LogP contribution in [0.5, 0.6) is 0 Å². The second-order valence-electron chi connectivity index (χ2n) is 4.54. The summed E-state index contributed by atoms with van der Waals surface area (Å²) >= 11 is 0. The molecule has 8 nitrogen and oxygen atoms in total. The number of hydrogen-bond donors (Lipinski definition) is 3. The van der Waals surface area contributed by atoms with Crippen LogP contribution in [0.3, 0.4) is 0 Å². The highest BCUT2D eigenvalue weighted by Gasteiger charge is 2.22. The average molecular weight is 315 g/mol. The van der Waals surface area contributed by atoms with E-state index in [9.17, 15) is 13.2 Å². The van der Waals surface area contributed by atoms with Gasteiger partial charge in [0.2, 0.25) is 15.9 Å². The van der Waals surface area contributed by atoms with Crippen LogP contribution in [0.1, 0.15) is 10.4 Å². The van der Waals surface area contributed by atoms with Crippen LogP contribution in [0.15, 0.2) is 23.1 Å². The summed E-state index contributed by atoms with van der Waals surface area (Å²) in [6.07, 6.45) is -0.334. The molecule has 1 atom stereocenters. The smallest absolute Gasteiger partial charge is 0.248 e. The molecule has 1 aromatic carbocycles. The average Bonchev–Trinajstić information content (AvgIpc) is 2.46. The van der Waals surface area contributed by atoms with Crippen molar-refractivity contribution in [1.29, 1.82) is 0 Å². The number of carbonyl (C=O) groups excluding carboxylic acids is 1. The van der Waals surface area contributed by atoms with Crippen LogP contribution in [0, 0.1) is 0 Å². The Bertz CT molecular complexity index is 626. The molecule has 1 aliphatic heterocycles. The lowest BCUT2D eigenvalue weighted by Crippen LogP contribution is -2.39. The minimum Gasteiger partial charge on any atom is -0.398 e. The zero-order valence-corrected chi connectivity index (χ0v) is 12.1. The molecule has 1 aliphatic rings. The Hall–Kier alpha value is -1.68. The van der Waals surface area contributed by atoms with Gasteiger partial charge in [0, 0.05) is 12.1 Å². The number of ether oxygens (including phenoxy) is 2. The Balaban J connectivity index is 2.10. The second-order valence-corrected chi connectivity index (χ2v) is 6.27. The third-order valence-corrected chi connectivity index (χ3v) is 4.47. The van der Waals surface area contributed by atoms with Gasteiger partial charge in [0.25, 0.3) is 0 Å². The van der Waals surface area contributed by atoms with Crippen molar-refractivity contribution < 1.29 is 22.7 Å². The molecule has 1 aromatic rings. The molecule has 5 N–H and O–H groups in total. The molecule has 0 aromatic heterocycles. The highest BCUT2D eigenvalue weighted by molar-refractivity contribution is 7.89. The van der Waals surface area contributed by atoms with Crippen molar-refractivity contribution in [1.82, 2.24) is 4.72 Å². The Labute approximate surface area is 122 Å². The maximum Gasteiger partial charge on any atom is 0.248 e. The third-order valence-electron chi connectivity index (χ3n) is 2.97. The Kier molecular flexibility index (Phi) is 4.78. The number of primary amides is 1. The van der Waals surface area contributed by atoms with Crippen LogP contribution in [0.2, 0.25) is 0 Å². The lowest BCUT2D eigenvalue weighted by Gasteiger charge is -2.23. The highest BCUT2D eigenvalue weighted by atomic mass is 32.2. The standard InChI is InChI=1S/C12H17N3O5S/c13-10-5-8(12(14)16)1-2-11(10)21(17,18)15-6-9-7-19-3-4-20-9/h1-2,5,9,15H,3-4,6-7,13H2,(H2,14,16). The van der Waals surface area contributed by atoms with Gasteiger partial charge in [0.15, 0.2) is 0 Å². The van der Waals surface area contributed by atoms with Crippen LogP contribution in [-0.2, 0) is 19.5 Å². The summed E-state index contributed by atoms with van der Waals surface area (Å²) in [4.78, 5) is 10.9. The maximum absolute atomic E-state index is 12.2. The summed E-state index contributed by atoms with van der Waals surface area (Å²) in [6.45, 7) is 1.35. The quantitative estimate of drug-likeness (QED) is 0.601. The summed E-state index contributed by atoms with van der Waals surface area (Å²) in [5, 5.41) is 0. The SMILES string of the molecule is NC(=O)c1ccc(S(=O)(=O)NCC2COCCO2)c(N)c1. The number of nitrogen functional groups attached to an aromatic ring is 1. The maximum atomic E-state index is 12.2. The first-order chi connectivity index (χ1) is 9.90. The summed E-state index contributed by atoms with van der Waals surface area (Å²) in [5.41, 5.74) is 10.9. The zero-order chi connectivity index (χ0) is 15.5. The zero-order valence-electron chi connectivity index (χ0n) is 11.2. The van der Waals surface area contributed by atoms with E-state index in [0.717, 1.165) is 0 Å². The van der Waals surface area contributed by atoms with Gasteiger partial charge in [-0.1, -0.05) is 0 Å². The normalized spacial score (nSPS) is 19.3. The molecule has 1 amide bonds. The fraction of sp³-hybridized carbons (Fsp3) is 0.417. The predicted molar refractivity (Wildman–Crippen MR) is 75.1 cm³/mol. The van der Waals surface area contributed by atoms with Gasteiger partial charge in [0.1, 0.15) is 4.90 Å². The molecule has 1 heterocycles. The second kappa shape index (κ2) is 6.39. The molecule has 1 saturated heterocycles. The van der Waals surface area contributed by atoms with E-state index in [-0.39, 0.29) is 28.8 Å². The minimum atomic E-state index is -3.80. The summed E-state index contributed by atoms with van der Waals surface area (Å²) < 4.78 is 37.3. The molecule has 1 unspecified atom stereocenters. The molecule has 9 heteroatoms. The van der Waals surface area contributed by atoms with Gasteiger partial charge in [-0.15, -0.1) is 0 Å². The summed E-state index contributed by atoms with van der Waals surface area (Å²) in [6, 6.07) is 3.79. The Morgan fingerprint density at radius 3 is 2.71 bits per heavy atom. The Morgan fingerprint density at radius 1 is 1.38 bits per heavy atom. The molecule has 116 valence electrons. The molecular weight excluding hydrogens is 298 g/mol. The topological polar surface area (TPSA) is 134 Å². The van der Waals surface area contributed by atoms with Crippen molar-refractivity contribution in [2.24, 2.45) is 5.73 Å². The van der Waals surface area contributed by atoms with Gasteiger partial charge >= 0.3 is 0 Å². The molecule has 0 spiro atoms. The number of benzene rings is 1. The fourth-order valence-corrected chi connectivity index (χ4v) is 3.06. The van der Waals surface area contributed by atoms with Gasteiger partial charge in [-0.25, -0.2) is 13.1 Å². The van der Waals surface area contributed by atoms with Crippen molar-refractivity contribution in [2.75, 3.05) is 32.1 Å². The van der Waals surface area contributed by atoms with Gasteiger partial charge in [-0.2, -0.15) is 0 Å². The Morgan fingerprint density at radius 2 is 2.14 bits per heavy atom. The van der Waals surface area contributed by atoms with Crippen LogP contribution >= 0.6 is 0 Å². The number of nitrogens with two attached hydrogens (primary N) is 2. The fourth-order valence-electron chi connectivity index (χ4n) is 1.88. The van der Waals surface area contributed by atoms with Crippen LogP contribution < -0.4 is 16.2 Å². The number of amides is 1. The number of rotatable bonds is 5. The number of carbonyl (C=O) groups is 1. The van der Waals surface area contributed by atoms with E-state index in [0.29, 0.717) is 19.8 Å². The van der Waals surface area contributed by atoms with Gasteiger partial charge < -0.3 is 20.9 Å². The van der Waals surface area contributed by atoms with Gasteiger partial charge in [-0.3, -0.25) is 4.79 Å². The van der Waals surface area contributed by atoms with E-state index in [1.54, 1.807) is 0 Å². The molecule has 0 bridgehead atoms. The molecule has 0 aliphatic carbocycles. The first-order valence-corrected chi connectivity index (χ1v) is 7.77. The van der Waals surface area contributed by atoms with E-state index in [1.165, 1.54) is 18.2 Å². The number of nitrogens with one attached hydrogen (secondary N) is 1. The van der Waals surface area contributed by atoms with Crippen molar-refractivity contribution in [3.63, 3.8) is 0 Å². The number of sulfonamides is 1.